The molecule has 0 bridgehead atoms. The van der Waals surface area contributed by atoms with Crippen molar-refractivity contribution in [2.24, 2.45) is 0 Å². The molecule has 0 radical (unpaired) electrons. The lowest BCUT2D eigenvalue weighted by Gasteiger charge is -2.02. The fourth-order valence-electron chi connectivity index (χ4n) is 1.08. The first-order valence-corrected chi connectivity index (χ1v) is 4.43. The minimum atomic E-state index is -0.393. The van der Waals surface area contributed by atoms with Gasteiger partial charge >= 0.3 is 5.97 Å². The van der Waals surface area contributed by atoms with Gasteiger partial charge in [-0.05, 0) is 26.0 Å². The summed E-state index contributed by atoms with van der Waals surface area (Å²) in [5, 5.41) is 0. The van der Waals surface area contributed by atoms with Gasteiger partial charge in [-0.2, -0.15) is 0 Å². The Kier molecular flexibility index (Phi) is 3.40. The molecule has 74 valence electrons. The summed E-state index contributed by atoms with van der Waals surface area (Å²) in [6.45, 7) is 3.54. The fourth-order valence-corrected chi connectivity index (χ4v) is 1.08. The molecular weight excluding hydrogens is 180 g/mol. The highest BCUT2D eigenvalue weighted by atomic mass is 16.5. The summed E-state index contributed by atoms with van der Waals surface area (Å²) in [5.74, 6) is -0.452. The summed E-state index contributed by atoms with van der Waals surface area (Å²) in [6.07, 6.45) is 0. The monoisotopic (exact) mass is 192 g/mol. The van der Waals surface area contributed by atoms with E-state index in [1.54, 1.807) is 31.2 Å². The van der Waals surface area contributed by atoms with E-state index in [9.17, 15) is 9.59 Å². The van der Waals surface area contributed by atoms with Gasteiger partial charge < -0.3 is 4.74 Å². The normalized spacial score (nSPS) is 9.57. The molecule has 3 heteroatoms. The molecule has 1 rings (SSSR count). The summed E-state index contributed by atoms with van der Waals surface area (Å²) < 4.78 is 4.81. The van der Waals surface area contributed by atoms with Crippen LogP contribution >= 0.6 is 0 Å². The third-order valence-corrected chi connectivity index (χ3v) is 1.78. The van der Waals surface area contributed by atoms with Crippen molar-refractivity contribution in [3.8, 4) is 0 Å². The second-order valence-electron chi connectivity index (χ2n) is 2.86. The van der Waals surface area contributed by atoms with E-state index in [2.05, 4.69) is 0 Å². The molecule has 0 fully saturated rings. The average Bonchev–Trinajstić information content (AvgIpc) is 2.18. The predicted octanol–water partition coefficient (Wildman–Crippen LogP) is 2.07. The Balaban J connectivity index is 2.93. The molecule has 14 heavy (non-hydrogen) atoms. The van der Waals surface area contributed by atoms with Crippen molar-refractivity contribution in [2.75, 3.05) is 6.61 Å². The van der Waals surface area contributed by atoms with Crippen LogP contribution in [-0.4, -0.2) is 18.4 Å². The predicted molar refractivity (Wildman–Crippen MR) is 52.4 cm³/mol. The van der Waals surface area contributed by atoms with Crippen LogP contribution in [0.2, 0.25) is 0 Å². The molecule has 0 heterocycles. The SMILES string of the molecule is CCOC(=O)c1cccc(C(C)=O)c1. The number of carbonyl (C=O) groups is 2. The summed E-state index contributed by atoms with van der Waals surface area (Å²) in [7, 11) is 0. The molecule has 0 saturated heterocycles. The molecule has 0 atom stereocenters. The molecule has 0 unspecified atom stereocenters. The van der Waals surface area contributed by atoms with E-state index >= 15 is 0 Å². The van der Waals surface area contributed by atoms with Crippen molar-refractivity contribution >= 4 is 11.8 Å². The lowest BCUT2D eigenvalue weighted by molar-refractivity contribution is 0.0526. The van der Waals surface area contributed by atoms with E-state index < -0.39 is 5.97 Å². The minimum absolute atomic E-state index is 0.0591. The third kappa shape index (κ3) is 2.42. The molecule has 0 aromatic heterocycles. The molecule has 0 N–H and O–H groups in total. The van der Waals surface area contributed by atoms with Crippen LogP contribution in [0.15, 0.2) is 24.3 Å². The number of benzene rings is 1. The van der Waals surface area contributed by atoms with E-state index in [0.717, 1.165) is 0 Å². The fraction of sp³-hybridized carbons (Fsp3) is 0.273. The number of ketones is 1. The van der Waals surface area contributed by atoms with Crippen LogP contribution in [0.1, 0.15) is 34.6 Å². The maximum absolute atomic E-state index is 11.3. The standard InChI is InChI=1S/C11H12O3/c1-3-14-11(13)10-6-4-5-9(7-10)8(2)12/h4-7H,3H2,1-2H3. The number of rotatable bonds is 3. The Morgan fingerprint density at radius 2 is 1.93 bits per heavy atom. The quantitative estimate of drug-likeness (QED) is 0.544. The number of ether oxygens (including phenoxy) is 1. The molecule has 0 amide bonds. The van der Waals surface area contributed by atoms with Crippen LogP contribution in [0.3, 0.4) is 0 Å². The smallest absolute Gasteiger partial charge is 0.338 e. The summed E-state index contributed by atoms with van der Waals surface area (Å²) in [5.41, 5.74) is 0.940. The van der Waals surface area contributed by atoms with Gasteiger partial charge in [0.1, 0.15) is 0 Å². The largest absolute Gasteiger partial charge is 0.462 e. The molecule has 0 aliphatic heterocycles. The van der Waals surface area contributed by atoms with Gasteiger partial charge in [0.05, 0.1) is 12.2 Å². The van der Waals surface area contributed by atoms with Crippen LogP contribution in [0, 0.1) is 0 Å². The molecule has 0 aliphatic rings. The van der Waals surface area contributed by atoms with E-state index in [1.807, 2.05) is 0 Å². The van der Waals surface area contributed by atoms with Gasteiger partial charge in [0.25, 0.3) is 0 Å². The Hall–Kier alpha value is -1.64. The first kappa shape index (κ1) is 10.4. The Morgan fingerprint density at radius 1 is 1.29 bits per heavy atom. The molecule has 0 aliphatic carbocycles. The van der Waals surface area contributed by atoms with Gasteiger partial charge in [-0.25, -0.2) is 4.79 Å². The van der Waals surface area contributed by atoms with Crippen LogP contribution < -0.4 is 0 Å². The maximum atomic E-state index is 11.3. The van der Waals surface area contributed by atoms with Gasteiger partial charge in [-0.3, -0.25) is 4.79 Å². The molecule has 3 nitrogen and oxygen atoms in total. The van der Waals surface area contributed by atoms with Gasteiger partial charge in [0, 0.05) is 5.56 Å². The zero-order valence-electron chi connectivity index (χ0n) is 8.24. The Morgan fingerprint density at radius 3 is 2.50 bits per heavy atom. The van der Waals surface area contributed by atoms with Gasteiger partial charge in [0.15, 0.2) is 5.78 Å². The summed E-state index contributed by atoms with van der Waals surface area (Å²) in [6, 6.07) is 6.51. The highest BCUT2D eigenvalue weighted by molar-refractivity contribution is 5.97. The topological polar surface area (TPSA) is 43.4 Å². The van der Waals surface area contributed by atoms with Crippen LogP contribution in [-0.2, 0) is 4.74 Å². The van der Waals surface area contributed by atoms with E-state index in [1.165, 1.54) is 6.92 Å². The highest BCUT2D eigenvalue weighted by Crippen LogP contribution is 2.07. The summed E-state index contributed by atoms with van der Waals surface area (Å²) >= 11 is 0. The van der Waals surface area contributed by atoms with Crippen molar-refractivity contribution in [1.29, 1.82) is 0 Å². The molecular formula is C11H12O3. The van der Waals surface area contributed by atoms with Gasteiger partial charge in [-0.15, -0.1) is 0 Å². The zero-order valence-corrected chi connectivity index (χ0v) is 8.24. The summed E-state index contributed by atoms with van der Waals surface area (Å²) in [4.78, 5) is 22.3. The Labute approximate surface area is 82.7 Å². The van der Waals surface area contributed by atoms with Gasteiger partial charge in [0.2, 0.25) is 0 Å². The van der Waals surface area contributed by atoms with Crippen molar-refractivity contribution in [3.05, 3.63) is 35.4 Å². The van der Waals surface area contributed by atoms with Gasteiger partial charge in [-0.1, -0.05) is 12.1 Å². The average molecular weight is 192 g/mol. The molecule has 1 aromatic rings. The van der Waals surface area contributed by atoms with Crippen molar-refractivity contribution in [2.45, 2.75) is 13.8 Å². The number of esters is 1. The third-order valence-electron chi connectivity index (χ3n) is 1.78. The highest BCUT2D eigenvalue weighted by Gasteiger charge is 2.07. The minimum Gasteiger partial charge on any atom is -0.462 e. The first-order valence-electron chi connectivity index (χ1n) is 4.43. The van der Waals surface area contributed by atoms with Crippen LogP contribution in [0.25, 0.3) is 0 Å². The van der Waals surface area contributed by atoms with Crippen molar-refractivity contribution in [1.82, 2.24) is 0 Å². The first-order chi connectivity index (χ1) is 6.65. The zero-order chi connectivity index (χ0) is 10.6. The van der Waals surface area contributed by atoms with E-state index in [0.29, 0.717) is 17.7 Å². The van der Waals surface area contributed by atoms with Crippen molar-refractivity contribution in [3.63, 3.8) is 0 Å². The molecule has 1 aromatic carbocycles. The lowest BCUT2D eigenvalue weighted by atomic mass is 10.1. The second kappa shape index (κ2) is 4.56. The van der Waals surface area contributed by atoms with Crippen LogP contribution in [0.4, 0.5) is 0 Å². The molecule has 0 saturated carbocycles. The Bertz CT molecular complexity index is 355. The second-order valence-corrected chi connectivity index (χ2v) is 2.86. The van der Waals surface area contributed by atoms with E-state index in [4.69, 9.17) is 4.74 Å². The van der Waals surface area contributed by atoms with E-state index in [-0.39, 0.29) is 5.78 Å². The van der Waals surface area contributed by atoms with Crippen molar-refractivity contribution < 1.29 is 14.3 Å². The number of hydrogen-bond donors (Lipinski definition) is 0. The maximum Gasteiger partial charge on any atom is 0.338 e. The number of Topliss-reactive ketones (excluding diaryl/α,β-unsaturated/α-hetero) is 1. The van der Waals surface area contributed by atoms with Crippen LogP contribution in [0.5, 0.6) is 0 Å². The number of carbonyl (C=O) groups excluding carboxylic acids is 2. The number of hydrogen-bond acceptors (Lipinski definition) is 3. The molecule has 0 spiro atoms. The lowest BCUT2D eigenvalue weighted by Crippen LogP contribution is -2.05.